The predicted octanol–water partition coefficient (Wildman–Crippen LogP) is 3.51. The van der Waals surface area contributed by atoms with Crippen molar-refractivity contribution < 1.29 is 9.13 Å². The van der Waals surface area contributed by atoms with Crippen LogP contribution in [0.4, 0.5) is 4.39 Å². The van der Waals surface area contributed by atoms with E-state index >= 15 is 0 Å². The van der Waals surface area contributed by atoms with E-state index in [9.17, 15) is 4.39 Å². The number of hydrogen-bond acceptors (Lipinski definition) is 3. The highest BCUT2D eigenvalue weighted by Gasteiger charge is 2.13. The van der Waals surface area contributed by atoms with Crippen LogP contribution in [0.15, 0.2) is 30.3 Å². The van der Waals surface area contributed by atoms with E-state index in [1.165, 1.54) is 18.1 Å². The van der Waals surface area contributed by atoms with Crippen LogP contribution >= 0.6 is 11.3 Å². The number of rotatable bonds is 4. The lowest BCUT2D eigenvalue weighted by molar-refractivity contribution is 0.386. The zero-order valence-electron chi connectivity index (χ0n) is 10.4. The largest absolute Gasteiger partial charge is 0.494 e. The molecule has 0 bridgehead atoms. The molecule has 0 aliphatic rings. The Morgan fingerprint density at radius 2 is 2.11 bits per heavy atom. The summed E-state index contributed by atoms with van der Waals surface area (Å²) in [6, 6.07) is 8.65. The van der Waals surface area contributed by atoms with Crippen molar-refractivity contribution in [2.24, 2.45) is 5.73 Å². The molecular formula is C14H16FNOS. The van der Waals surface area contributed by atoms with Crippen LogP contribution in [0.1, 0.15) is 28.3 Å². The zero-order valence-corrected chi connectivity index (χ0v) is 11.3. The number of nitrogens with two attached hydrogens (primary N) is 1. The first-order valence-corrected chi connectivity index (χ1v) is 6.65. The lowest BCUT2D eigenvalue weighted by atomic mass is 10.1. The van der Waals surface area contributed by atoms with Crippen molar-refractivity contribution >= 4 is 11.3 Å². The standard InChI is InChI=1S/C14H16FNOS/c1-3-10-5-7-13(18-10)14(16)9-4-6-12(17-2)11(15)8-9/h4-8,14H,3,16H2,1-2H3. The third-order valence-electron chi connectivity index (χ3n) is 2.87. The van der Waals surface area contributed by atoms with Crippen molar-refractivity contribution in [2.75, 3.05) is 7.11 Å². The molecule has 4 heteroatoms. The van der Waals surface area contributed by atoms with Gasteiger partial charge in [0, 0.05) is 9.75 Å². The van der Waals surface area contributed by atoms with Crippen molar-refractivity contribution in [3.63, 3.8) is 0 Å². The van der Waals surface area contributed by atoms with Crippen LogP contribution in [0.5, 0.6) is 5.75 Å². The normalized spacial score (nSPS) is 12.4. The van der Waals surface area contributed by atoms with Crippen LogP contribution in [-0.4, -0.2) is 7.11 Å². The highest BCUT2D eigenvalue weighted by Crippen LogP contribution is 2.29. The number of methoxy groups -OCH3 is 1. The van der Waals surface area contributed by atoms with Gasteiger partial charge in [-0.25, -0.2) is 4.39 Å². The second-order valence-electron chi connectivity index (χ2n) is 4.03. The van der Waals surface area contributed by atoms with E-state index in [1.807, 2.05) is 6.07 Å². The molecule has 1 aromatic carbocycles. The van der Waals surface area contributed by atoms with E-state index in [1.54, 1.807) is 23.5 Å². The molecule has 1 aromatic heterocycles. The molecule has 0 amide bonds. The Balaban J connectivity index is 2.27. The monoisotopic (exact) mass is 265 g/mol. The average molecular weight is 265 g/mol. The Morgan fingerprint density at radius 1 is 1.33 bits per heavy atom. The molecule has 1 heterocycles. The number of ether oxygens (including phenoxy) is 1. The van der Waals surface area contributed by atoms with Gasteiger partial charge in [0.15, 0.2) is 11.6 Å². The molecule has 0 radical (unpaired) electrons. The molecular weight excluding hydrogens is 249 g/mol. The summed E-state index contributed by atoms with van der Waals surface area (Å²) in [7, 11) is 1.45. The zero-order chi connectivity index (χ0) is 13.1. The molecule has 1 atom stereocenters. The van der Waals surface area contributed by atoms with Crippen LogP contribution in [0.3, 0.4) is 0 Å². The van der Waals surface area contributed by atoms with Gasteiger partial charge in [-0.1, -0.05) is 13.0 Å². The van der Waals surface area contributed by atoms with Gasteiger partial charge in [-0.3, -0.25) is 0 Å². The summed E-state index contributed by atoms with van der Waals surface area (Å²) in [6.07, 6.45) is 0.994. The molecule has 1 unspecified atom stereocenters. The number of aryl methyl sites for hydroxylation is 1. The summed E-state index contributed by atoms with van der Waals surface area (Å²) in [5.41, 5.74) is 6.91. The van der Waals surface area contributed by atoms with Crippen molar-refractivity contribution in [1.29, 1.82) is 0 Å². The third-order valence-corrected chi connectivity index (χ3v) is 4.19. The number of thiophene rings is 1. The fourth-order valence-corrected chi connectivity index (χ4v) is 2.77. The number of benzene rings is 1. The molecule has 96 valence electrons. The maximum absolute atomic E-state index is 13.6. The van der Waals surface area contributed by atoms with Gasteiger partial charge in [-0.05, 0) is 36.2 Å². The van der Waals surface area contributed by atoms with Crippen molar-refractivity contribution in [1.82, 2.24) is 0 Å². The Labute approximate surface area is 110 Å². The third kappa shape index (κ3) is 2.54. The maximum atomic E-state index is 13.6. The van der Waals surface area contributed by atoms with Gasteiger partial charge < -0.3 is 10.5 Å². The first-order chi connectivity index (χ1) is 8.65. The summed E-state index contributed by atoms with van der Waals surface area (Å²) in [6.45, 7) is 2.11. The van der Waals surface area contributed by atoms with Crippen molar-refractivity contribution in [3.8, 4) is 5.75 Å². The molecule has 2 nitrogen and oxygen atoms in total. The van der Waals surface area contributed by atoms with Crippen LogP contribution < -0.4 is 10.5 Å². The lowest BCUT2D eigenvalue weighted by Crippen LogP contribution is -2.10. The smallest absolute Gasteiger partial charge is 0.165 e. The Bertz CT molecular complexity index is 538. The van der Waals surface area contributed by atoms with Crippen LogP contribution in [0.2, 0.25) is 0 Å². The summed E-state index contributed by atoms with van der Waals surface area (Å²) in [4.78, 5) is 2.34. The van der Waals surface area contributed by atoms with E-state index in [2.05, 4.69) is 13.0 Å². The highest BCUT2D eigenvalue weighted by atomic mass is 32.1. The Kier molecular flexibility index (Phi) is 3.99. The van der Waals surface area contributed by atoms with Crippen molar-refractivity contribution in [3.05, 3.63) is 51.5 Å². The lowest BCUT2D eigenvalue weighted by Gasteiger charge is -2.11. The van der Waals surface area contributed by atoms with Crippen LogP contribution in [-0.2, 0) is 6.42 Å². The molecule has 18 heavy (non-hydrogen) atoms. The molecule has 0 saturated carbocycles. The van der Waals surface area contributed by atoms with Gasteiger partial charge in [0.05, 0.1) is 13.2 Å². The molecule has 2 aromatic rings. The number of hydrogen-bond donors (Lipinski definition) is 1. The van der Waals surface area contributed by atoms with Gasteiger partial charge in [0.25, 0.3) is 0 Å². The summed E-state index contributed by atoms with van der Waals surface area (Å²) < 4.78 is 18.5. The second kappa shape index (κ2) is 5.50. The van der Waals surface area contributed by atoms with E-state index in [0.29, 0.717) is 0 Å². The highest BCUT2D eigenvalue weighted by molar-refractivity contribution is 7.12. The fraction of sp³-hybridized carbons (Fsp3) is 0.286. The summed E-state index contributed by atoms with van der Waals surface area (Å²) in [5.74, 6) is -0.135. The Morgan fingerprint density at radius 3 is 2.67 bits per heavy atom. The van der Waals surface area contributed by atoms with Crippen molar-refractivity contribution in [2.45, 2.75) is 19.4 Å². The van der Waals surface area contributed by atoms with E-state index in [-0.39, 0.29) is 17.6 Å². The summed E-state index contributed by atoms with van der Waals surface area (Å²) >= 11 is 1.67. The minimum atomic E-state index is -0.377. The summed E-state index contributed by atoms with van der Waals surface area (Å²) in [5, 5.41) is 0. The van der Waals surface area contributed by atoms with Gasteiger partial charge in [0.2, 0.25) is 0 Å². The Hall–Kier alpha value is -1.39. The molecule has 0 aliphatic heterocycles. The number of halogens is 1. The van der Waals surface area contributed by atoms with Gasteiger partial charge in [-0.15, -0.1) is 11.3 Å². The van der Waals surface area contributed by atoms with Gasteiger partial charge in [0.1, 0.15) is 0 Å². The molecule has 0 aliphatic carbocycles. The SMILES string of the molecule is CCc1ccc(C(N)c2ccc(OC)c(F)c2)s1. The van der Waals surface area contributed by atoms with E-state index in [4.69, 9.17) is 10.5 Å². The quantitative estimate of drug-likeness (QED) is 0.918. The second-order valence-corrected chi connectivity index (χ2v) is 5.23. The molecule has 2 N–H and O–H groups in total. The first kappa shape index (κ1) is 13.1. The van der Waals surface area contributed by atoms with E-state index in [0.717, 1.165) is 16.9 Å². The minimum Gasteiger partial charge on any atom is -0.494 e. The van der Waals surface area contributed by atoms with Gasteiger partial charge in [-0.2, -0.15) is 0 Å². The molecule has 0 fully saturated rings. The molecule has 0 saturated heterocycles. The van der Waals surface area contributed by atoms with Crippen LogP contribution in [0.25, 0.3) is 0 Å². The van der Waals surface area contributed by atoms with Crippen LogP contribution in [0, 0.1) is 5.82 Å². The van der Waals surface area contributed by atoms with Gasteiger partial charge >= 0.3 is 0 Å². The fourth-order valence-electron chi connectivity index (χ4n) is 1.79. The van der Waals surface area contributed by atoms with E-state index < -0.39 is 0 Å². The minimum absolute atomic E-state index is 0.242. The first-order valence-electron chi connectivity index (χ1n) is 5.83. The predicted molar refractivity (Wildman–Crippen MR) is 72.7 cm³/mol. The maximum Gasteiger partial charge on any atom is 0.165 e. The topological polar surface area (TPSA) is 35.2 Å². The molecule has 0 spiro atoms. The molecule has 2 rings (SSSR count). The average Bonchev–Trinajstić information content (AvgIpc) is 2.86.